The lowest BCUT2D eigenvalue weighted by Gasteiger charge is -2.26. The SMILES string of the molecule is CC(C)C1=CC=C[SH]1c1ccc(-c2cc(N(C)C(C)C)ncn2)cc1C(F)(F)F. The molecule has 3 rings (SSSR count). The van der Waals surface area contributed by atoms with Crippen LogP contribution in [0.5, 0.6) is 0 Å². The zero-order chi connectivity index (χ0) is 21.3. The van der Waals surface area contributed by atoms with Gasteiger partial charge in [-0.25, -0.2) is 9.97 Å². The van der Waals surface area contributed by atoms with Gasteiger partial charge in [0.05, 0.1) is 11.3 Å². The van der Waals surface area contributed by atoms with Crippen molar-refractivity contribution in [2.45, 2.75) is 44.8 Å². The van der Waals surface area contributed by atoms with E-state index in [9.17, 15) is 13.2 Å². The number of halogens is 3. The second kappa shape index (κ2) is 8.22. The molecule has 1 aromatic carbocycles. The zero-order valence-electron chi connectivity index (χ0n) is 17.2. The highest BCUT2D eigenvalue weighted by Gasteiger charge is 2.36. The van der Waals surface area contributed by atoms with Crippen molar-refractivity contribution >= 4 is 16.7 Å². The van der Waals surface area contributed by atoms with Crippen LogP contribution in [0, 0.1) is 5.92 Å². The predicted octanol–water partition coefficient (Wildman–Crippen LogP) is 6.43. The van der Waals surface area contributed by atoms with Gasteiger partial charge in [0.25, 0.3) is 0 Å². The van der Waals surface area contributed by atoms with Gasteiger partial charge in [-0.2, -0.15) is 24.1 Å². The molecule has 0 saturated heterocycles. The van der Waals surface area contributed by atoms with Crippen LogP contribution >= 0.6 is 10.9 Å². The molecule has 0 bridgehead atoms. The third kappa shape index (κ3) is 4.50. The monoisotopic (exact) mass is 421 g/mol. The Balaban J connectivity index is 2.07. The van der Waals surface area contributed by atoms with Gasteiger partial charge in [-0.3, -0.25) is 0 Å². The van der Waals surface area contributed by atoms with Crippen LogP contribution in [0.3, 0.4) is 0 Å². The molecule has 1 unspecified atom stereocenters. The van der Waals surface area contributed by atoms with Gasteiger partial charge in [0.1, 0.15) is 12.1 Å². The summed E-state index contributed by atoms with van der Waals surface area (Å²) in [5, 5.41) is 1.90. The molecule has 1 aliphatic heterocycles. The molecule has 0 spiro atoms. The molecule has 7 heteroatoms. The highest BCUT2D eigenvalue weighted by Crippen LogP contribution is 2.55. The first kappa shape index (κ1) is 21.4. The summed E-state index contributed by atoms with van der Waals surface area (Å²) in [4.78, 5) is 11.8. The van der Waals surface area contributed by atoms with E-state index in [1.54, 1.807) is 18.2 Å². The first-order chi connectivity index (χ1) is 13.6. The molecule has 1 atom stereocenters. The Bertz CT molecular complexity index is 949. The highest BCUT2D eigenvalue weighted by atomic mass is 32.2. The molecule has 0 fully saturated rings. The maximum absolute atomic E-state index is 14.0. The maximum Gasteiger partial charge on any atom is 0.417 e. The van der Waals surface area contributed by atoms with Crippen LogP contribution in [-0.2, 0) is 6.18 Å². The van der Waals surface area contributed by atoms with Gasteiger partial charge in [0, 0.05) is 29.6 Å². The van der Waals surface area contributed by atoms with Crippen molar-refractivity contribution in [3.05, 3.63) is 58.6 Å². The number of hydrogen-bond acceptors (Lipinski definition) is 3. The van der Waals surface area contributed by atoms with Crippen molar-refractivity contribution in [1.29, 1.82) is 0 Å². The second-order valence-corrected chi connectivity index (χ2v) is 9.69. The predicted molar refractivity (Wildman–Crippen MR) is 115 cm³/mol. The topological polar surface area (TPSA) is 29.0 Å². The minimum absolute atomic E-state index is 0.202. The lowest BCUT2D eigenvalue weighted by molar-refractivity contribution is -0.139. The number of nitrogens with zero attached hydrogens (tertiary/aromatic N) is 3. The highest BCUT2D eigenvalue weighted by molar-refractivity contribution is 8.23. The quantitative estimate of drug-likeness (QED) is 0.564. The minimum atomic E-state index is -4.43. The van der Waals surface area contributed by atoms with Crippen molar-refractivity contribution in [3.8, 4) is 11.3 Å². The summed E-state index contributed by atoms with van der Waals surface area (Å²) in [6, 6.07) is 6.52. The maximum atomic E-state index is 14.0. The standard InChI is InChI=1S/C22H26F3N3S/c1-14(2)19-7-6-10-29(19)20-9-8-16(11-17(20)22(23,24)25)18-12-21(27-13-26-18)28(5)15(3)4/h6-15,29H,1-5H3. The molecular formula is C22H26F3N3S. The molecule has 0 N–H and O–H groups in total. The van der Waals surface area contributed by atoms with Gasteiger partial charge in [0.2, 0.25) is 0 Å². The lowest BCUT2D eigenvalue weighted by Crippen LogP contribution is -2.26. The van der Waals surface area contributed by atoms with Crippen molar-refractivity contribution in [3.63, 3.8) is 0 Å². The molecular weight excluding hydrogens is 395 g/mol. The molecule has 29 heavy (non-hydrogen) atoms. The Morgan fingerprint density at radius 3 is 2.38 bits per heavy atom. The Morgan fingerprint density at radius 1 is 1.03 bits per heavy atom. The van der Waals surface area contributed by atoms with E-state index in [1.807, 2.05) is 57.2 Å². The lowest BCUT2D eigenvalue weighted by atomic mass is 10.1. The summed E-state index contributed by atoms with van der Waals surface area (Å²) in [6.07, 6.45) is 0.779. The second-order valence-electron chi connectivity index (χ2n) is 7.65. The van der Waals surface area contributed by atoms with Crippen molar-refractivity contribution in [2.75, 3.05) is 11.9 Å². The number of allylic oxidation sites excluding steroid dienone is 3. The van der Waals surface area contributed by atoms with Crippen LogP contribution in [0.4, 0.5) is 19.0 Å². The number of aromatic nitrogens is 2. The van der Waals surface area contributed by atoms with E-state index in [0.717, 1.165) is 4.91 Å². The van der Waals surface area contributed by atoms with E-state index in [-0.39, 0.29) is 12.0 Å². The van der Waals surface area contributed by atoms with Gasteiger partial charge in [-0.1, -0.05) is 32.1 Å². The summed E-state index contributed by atoms with van der Waals surface area (Å²) in [5.41, 5.74) is 0.334. The van der Waals surface area contributed by atoms with E-state index in [1.165, 1.54) is 12.4 Å². The third-order valence-electron chi connectivity index (χ3n) is 5.02. The van der Waals surface area contributed by atoms with E-state index in [0.29, 0.717) is 22.0 Å². The molecule has 156 valence electrons. The number of benzene rings is 1. The van der Waals surface area contributed by atoms with Crippen LogP contribution < -0.4 is 4.90 Å². The van der Waals surface area contributed by atoms with Gasteiger partial charge >= 0.3 is 6.18 Å². The van der Waals surface area contributed by atoms with E-state index < -0.39 is 22.6 Å². The molecule has 1 aliphatic rings. The molecule has 0 saturated carbocycles. The fourth-order valence-corrected chi connectivity index (χ4v) is 5.54. The first-order valence-corrected chi connectivity index (χ1v) is 10.9. The normalized spacial score (nSPS) is 17.9. The van der Waals surface area contributed by atoms with Crippen LogP contribution in [0.2, 0.25) is 0 Å². The van der Waals surface area contributed by atoms with Crippen LogP contribution in [0.1, 0.15) is 33.3 Å². The smallest absolute Gasteiger partial charge is 0.357 e. The summed E-state index contributed by atoms with van der Waals surface area (Å²) in [6.45, 7) is 8.08. The number of alkyl halides is 3. The molecule has 2 heterocycles. The summed E-state index contributed by atoms with van der Waals surface area (Å²) < 4.78 is 41.9. The third-order valence-corrected chi connectivity index (χ3v) is 7.62. The van der Waals surface area contributed by atoms with Crippen molar-refractivity contribution in [1.82, 2.24) is 9.97 Å². The molecule has 0 aliphatic carbocycles. The van der Waals surface area contributed by atoms with Gasteiger partial charge in [-0.05, 0) is 42.2 Å². The average molecular weight is 422 g/mol. The van der Waals surface area contributed by atoms with Crippen LogP contribution in [-0.4, -0.2) is 23.1 Å². The Kier molecular flexibility index (Phi) is 6.08. The Hall–Kier alpha value is -2.28. The minimum Gasteiger partial charge on any atom is -0.357 e. The van der Waals surface area contributed by atoms with Crippen molar-refractivity contribution < 1.29 is 13.2 Å². The Labute approximate surface area is 172 Å². The van der Waals surface area contributed by atoms with E-state index in [4.69, 9.17) is 0 Å². The number of hydrogen-bond donors (Lipinski definition) is 1. The van der Waals surface area contributed by atoms with Gasteiger partial charge < -0.3 is 4.90 Å². The molecule has 3 nitrogen and oxygen atoms in total. The van der Waals surface area contributed by atoms with E-state index in [2.05, 4.69) is 9.97 Å². The molecule has 2 aromatic rings. The van der Waals surface area contributed by atoms with Gasteiger partial charge in [0.15, 0.2) is 0 Å². The van der Waals surface area contributed by atoms with Crippen molar-refractivity contribution in [2.24, 2.45) is 5.92 Å². The Morgan fingerprint density at radius 2 is 1.76 bits per heavy atom. The first-order valence-electron chi connectivity index (χ1n) is 9.53. The number of rotatable bonds is 5. The van der Waals surface area contributed by atoms with Crippen LogP contribution in [0.15, 0.2) is 58.0 Å². The summed E-state index contributed by atoms with van der Waals surface area (Å²) >= 11 is 0. The zero-order valence-corrected chi connectivity index (χ0v) is 18.1. The molecule has 0 amide bonds. The fourth-order valence-electron chi connectivity index (χ4n) is 3.18. The average Bonchev–Trinajstić information content (AvgIpc) is 3.16. The molecule has 0 radical (unpaired) electrons. The number of anilines is 1. The summed E-state index contributed by atoms with van der Waals surface area (Å²) in [5.74, 6) is 0.878. The number of thiol groups is 1. The fraction of sp³-hybridized carbons (Fsp3) is 0.364. The van der Waals surface area contributed by atoms with E-state index >= 15 is 0 Å². The largest absolute Gasteiger partial charge is 0.417 e. The summed E-state index contributed by atoms with van der Waals surface area (Å²) in [7, 11) is 0.784. The molecule has 1 aromatic heterocycles. The van der Waals surface area contributed by atoms with Crippen LogP contribution in [0.25, 0.3) is 11.3 Å². The van der Waals surface area contributed by atoms with Gasteiger partial charge in [-0.15, -0.1) is 0 Å².